The van der Waals surface area contributed by atoms with Crippen LogP contribution in [0.2, 0.25) is 5.02 Å². The van der Waals surface area contributed by atoms with Crippen molar-refractivity contribution in [3.8, 4) is 0 Å². The van der Waals surface area contributed by atoms with Gasteiger partial charge in [0.25, 0.3) is 0 Å². The highest BCUT2D eigenvalue weighted by Gasteiger charge is 2.20. The SMILES string of the molecule is CN1CCCC(CC(=O)Nc2ccccc2Cl)C1. The van der Waals surface area contributed by atoms with Crippen molar-refractivity contribution in [1.82, 2.24) is 4.90 Å². The molecule has 0 spiro atoms. The summed E-state index contributed by atoms with van der Waals surface area (Å²) in [7, 11) is 2.11. The summed E-state index contributed by atoms with van der Waals surface area (Å²) in [4.78, 5) is 14.2. The minimum Gasteiger partial charge on any atom is -0.325 e. The maximum atomic E-state index is 12.0. The van der Waals surface area contributed by atoms with Crippen molar-refractivity contribution in [2.75, 3.05) is 25.5 Å². The third-order valence-corrected chi connectivity index (χ3v) is 3.67. The number of para-hydroxylation sites is 1. The number of anilines is 1. The molecule has 1 heterocycles. The first-order valence-electron chi connectivity index (χ1n) is 6.38. The molecule has 2 rings (SSSR count). The standard InChI is InChI=1S/C14H19ClN2O/c1-17-8-4-5-11(10-17)9-14(18)16-13-7-3-2-6-12(13)15/h2-3,6-7,11H,4-5,8-10H2,1H3,(H,16,18). The van der Waals surface area contributed by atoms with Gasteiger partial charge >= 0.3 is 0 Å². The summed E-state index contributed by atoms with van der Waals surface area (Å²) in [5.74, 6) is 0.523. The van der Waals surface area contributed by atoms with Gasteiger partial charge in [-0.3, -0.25) is 4.79 Å². The molecule has 1 amide bonds. The van der Waals surface area contributed by atoms with Crippen molar-refractivity contribution >= 4 is 23.2 Å². The van der Waals surface area contributed by atoms with E-state index < -0.39 is 0 Å². The lowest BCUT2D eigenvalue weighted by Crippen LogP contribution is -2.34. The van der Waals surface area contributed by atoms with E-state index in [4.69, 9.17) is 11.6 Å². The molecule has 0 bridgehead atoms. The lowest BCUT2D eigenvalue weighted by Gasteiger charge is -2.29. The fourth-order valence-corrected chi connectivity index (χ4v) is 2.65. The summed E-state index contributed by atoms with van der Waals surface area (Å²) in [6.07, 6.45) is 2.90. The third-order valence-electron chi connectivity index (χ3n) is 3.34. The van der Waals surface area contributed by atoms with E-state index in [0.29, 0.717) is 23.0 Å². The van der Waals surface area contributed by atoms with Gasteiger partial charge in [-0.1, -0.05) is 23.7 Å². The van der Waals surface area contributed by atoms with Gasteiger partial charge in [-0.2, -0.15) is 0 Å². The van der Waals surface area contributed by atoms with Crippen LogP contribution < -0.4 is 5.32 Å². The highest BCUT2D eigenvalue weighted by molar-refractivity contribution is 6.33. The van der Waals surface area contributed by atoms with Gasteiger partial charge in [0.1, 0.15) is 0 Å². The van der Waals surface area contributed by atoms with E-state index in [2.05, 4.69) is 17.3 Å². The third kappa shape index (κ3) is 3.72. The topological polar surface area (TPSA) is 32.3 Å². The molecule has 1 fully saturated rings. The summed E-state index contributed by atoms with van der Waals surface area (Å²) in [5.41, 5.74) is 0.702. The molecule has 1 aromatic carbocycles. The Hall–Kier alpha value is -1.06. The van der Waals surface area contributed by atoms with Gasteiger partial charge in [0.15, 0.2) is 0 Å². The normalized spacial score (nSPS) is 20.7. The average molecular weight is 267 g/mol. The molecule has 4 heteroatoms. The molecule has 98 valence electrons. The number of rotatable bonds is 3. The molecule has 1 saturated heterocycles. The van der Waals surface area contributed by atoms with Crippen LogP contribution >= 0.6 is 11.6 Å². The molecular formula is C14H19ClN2O. The zero-order valence-electron chi connectivity index (χ0n) is 10.7. The van der Waals surface area contributed by atoms with E-state index in [1.54, 1.807) is 6.07 Å². The minimum atomic E-state index is 0.0587. The Bertz CT molecular complexity index is 422. The summed E-state index contributed by atoms with van der Waals surface area (Å²) in [5, 5.41) is 3.47. The predicted octanol–water partition coefficient (Wildman–Crippen LogP) is 3.01. The largest absolute Gasteiger partial charge is 0.325 e. The monoisotopic (exact) mass is 266 g/mol. The van der Waals surface area contributed by atoms with Gasteiger partial charge in [0.2, 0.25) is 5.91 Å². The van der Waals surface area contributed by atoms with Crippen molar-refractivity contribution in [2.45, 2.75) is 19.3 Å². The van der Waals surface area contributed by atoms with Crippen LogP contribution in [0.3, 0.4) is 0 Å². The molecule has 0 aliphatic carbocycles. The van der Waals surface area contributed by atoms with Crippen molar-refractivity contribution in [3.63, 3.8) is 0 Å². The van der Waals surface area contributed by atoms with E-state index in [9.17, 15) is 4.79 Å². The number of likely N-dealkylation sites (tertiary alicyclic amines) is 1. The van der Waals surface area contributed by atoms with E-state index >= 15 is 0 Å². The number of nitrogens with one attached hydrogen (secondary N) is 1. The molecule has 1 unspecified atom stereocenters. The van der Waals surface area contributed by atoms with Crippen LogP contribution in [0.15, 0.2) is 24.3 Å². The number of carbonyl (C=O) groups excluding carboxylic acids is 1. The van der Waals surface area contributed by atoms with E-state index in [0.717, 1.165) is 19.5 Å². The van der Waals surface area contributed by atoms with E-state index in [-0.39, 0.29) is 5.91 Å². The number of carbonyl (C=O) groups is 1. The summed E-state index contributed by atoms with van der Waals surface area (Å²) >= 11 is 6.01. The number of halogens is 1. The molecule has 18 heavy (non-hydrogen) atoms. The Morgan fingerprint density at radius 3 is 3.00 bits per heavy atom. The van der Waals surface area contributed by atoms with E-state index in [1.807, 2.05) is 18.2 Å². The fraction of sp³-hybridized carbons (Fsp3) is 0.500. The fourth-order valence-electron chi connectivity index (χ4n) is 2.47. The van der Waals surface area contributed by atoms with Crippen molar-refractivity contribution in [1.29, 1.82) is 0 Å². The van der Waals surface area contributed by atoms with Crippen LogP contribution in [-0.2, 0) is 4.79 Å². The van der Waals surface area contributed by atoms with Crippen LogP contribution in [0.4, 0.5) is 5.69 Å². The quantitative estimate of drug-likeness (QED) is 0.912. The molecule has 1 atom stereocenters. The minimum absolute atomic E-state index is 0.0587. The van der Waals surface area contributed by atoms with Gasteiger partial charge in [-0.25, -0.2) is 0 Å². The second-order valence-electron chi connectivity index (χ2n) is 5.00. The first kappa shape index (κ1) is 13.4. The molecule has 0 aromatic heterocycles. The summed E-state index contributed by atoms with van der Waals surface area (Å²) in [6, 6.07) is 7.34. The van der Waals surface area contributed by atoms with Gasteiger partial charge in [0, 0.05) is 13.0 Å². The second-order valence-corrected chi connectivity index (χ2v) is 5.41. The van der Waals surface area contributed by atoms with Crippen LogP contribution in [0.1, 0.15) is 19.3 Å². The Kier molecular flexibility index (Phi) is 4.61. The van der Waals surface area contributed by atoms with Crippen LogP contribution in [0.5, 0.6) is 0 Å². The highest BCUT2D eigenvalue weighted by atomic mass is 35.5. The molecule has 1 N–H and O–H groups in total. The Morgan fingerprint density at radius 2 is 2.28 bits per heavy atom. The first-order chi connectivity index (χ1) is 8.65. The maximum Gasteiger partial charge on any atom is 0.224 e. The number of benzene rings is 1. The summed E-state index contributed by atoms with van der Waals surface area (Å²) in [6.45, 7) is 2.15. The molecule has 3 nitrogen and oxygen atoms in total. The molecule has 0 radical (unpaired) electrons. The zero-order valence-corrected chi connectivity index (χ0v) is 11.4. The van der Waals surface area contributed by atoms with Crippen LogP contribution in [-0.4, -0.2) is 30.9 Å². The van der Waals surface area contributed by atoms with Crippen LogP contribution in [0, 0.1) is 5.92 Å². The molecule has 1 aliphatic rings. The molecule has 1 aromatic rings. The zero-order chi connectivity index (χ0) is 13.0. The first-order valence-corrected chi connectivity index (χ1v) is 6.76. The Labute approximate surface area is 113 Å². The number of hydrogen-bond donors (Lipinski definition) is 1. The van der Waals surface area contributed by atoms with Crippen LogP contribution in [0.25, 0.3) is 0 Å². The van der Waals surface area contributed by atoms with Crippen molar-refractivity contribution in [2.24, 2.45) is 5.92 Å². The van der Waals surface area contributed by atoms with Gasteiger partial charge in [-0.15, -0.1) is 0 Å². The lowest BCUT2D eigenvalue weighted by atomic mass is 9.95. The predicted molar refractivity (Wildman–Crippen MR) is 74.9 cm³/mol. The smallest absolute Gasteiger partial charge is 0.224 e. The van der Waals surface area contributed by atoms with E-state index in [1.165, 1.54) is 6.42 Å². The number of piperidine rings is 1. The van der Waals surface area contributed by atoms with Crippen molar-refractivity contribution in [3.05, 3.63) is 29.3 Å². The molecular weight excluding hydrogens is 248 g/mol. The highest BCUT2D eigenvalue weighted by Crippen LogP contribution is 2.23. The summed E-state index contributed by atoms with van der Waals surface area (Å²) < 4.78 is 0. The van der Waals surface area contributed by atoms with Gasteiger partial charge in [0.05, 0.1) is 10.7 Å². The number of nitrogens with zero attached hydrogens (tertiary/aromatic N) is 1. The van der Waals surface area contributed by atoms with Gasteiger partial charge < -0.3 is 10.2 Å². The average Bonchev–Trinajstić information content (AvgIpc) is 2.32. The lowest BCUT2D eigenvalue weighted by molar-refractivity contribution is -0.117. The number of hydrogen-bond acceptors (Lipinski definition) is 2. The number of amides is 1. The van der Waals surface area contributed by atoms with Gasteiger partial charge in [-0.05, 0) is 44.5 Å². The van der Waals surface area contributed by atoms with Crippen molar-refractivity contribution < 1.29 is 4.79 Å². The molecule has 1 aliphatic heterocycles. The molecule has 0 saturated carbocycles. The maximum absolute atomic E-state index is 12.0. The second kappa shape index (κ2) is 6.21. The Balaban J connectivity index is 1.87. The Morgan fingerprint density at radius 1 is 1.50 bits per heavy atom.